The Balaban J connectivity index is 2.29. The number of carbonyl (C=O) groups excluding carboxylic acids is 1. The highest BCUT2D eigenvalue weighted by molar-refractivity contribution is 5.89. The molecule has 0 saturated heterocycles. The highest BCUT2D eigenvalue weighted by atomic mass is 16.5. The summed E-state index contributed by atoms with van der Waals surface area (Å²) in [5.41, 5.74) is 1.60. The van der Waals surface area contributed by atoms with Crippen LogP contribution in [-0.2, 0) is 9.53 Å². The first-order valence-corrected chi connectivity index (χ1v) is 5.65. The third kappa shape index (κ3) is 2.98. The molecular formula is C13H13N3O3. The fraction of sp³-hybridized carbons (Fsp3) is 0.154. The first kappa shape index (κ1) is 12.8. The molecule has 1 aromatic heterocycles. The molecule has 0 saturated carbocycles. The van der Waals surface area contributed by atoms with Crippen LogP contribution in [0, 0.1) is 0 Å². The van der Waals surface area contributed by atoms with Crippen LogP contribution in [-0.4, -0.2) is 36.0 Å². The van der Waals surface area contributed by atoms with Crippen LogP contribution in [0.3, 0.4) is 0 Å². The highest BCUT2D eigenvalue weighted by Gasteiger charge is 2.09. The first-order chi connectivity index (χ1) is 9.22. The summed E-state index contributed by atoms with van der Waals surface area (Å²) in [6.45, 7) is -0.116. The Morgan fingerprint density at radius 2 is 2.05 bits per heavy atom. The average Bonchev–Trinajstić information content (AvgIpc) is 2.81. The van der Waals surface area contributed by atoms with Crippen molar-refractivity contribution in [2.75, 3.05) is 13.7 Å². The number of aromatic amines is 2. The molecule has 6 heteroatoms. The number of hydrogen-bond acceptors (Lipinski definition) is 4. The monoisotopic (exact) mass is 259 g/mol. The van der Waals surface area contributed by atoms with Crippen LogP contribution in [0.2, 0.25) is 0 Å². The molecular weight excluding hydrogens is 246 g/mol. The Bertz CT molecular complexity index is 641. The van der Waals surface area contributed by atoms with Crippen molar-refractivity contribution in [3.8, 4) is 11.3 Å². The van der Waals surface area contributed by atoms with E-state index in [2.05, 4.69) is 19.9 Å². The minimum absolute atomic E-state index is 0.116. The first-order valence-electron chi connectivity index (χ1n) is 5.65. The highest BCUT2D eigenvalue weighted by Crippen LogP contribution is 2.16. The van der Waals surface area contributed by atoms with E-state index in [0.717, 1.165) is 5.56 Å². The number of methoxy groups -OCH3 is 1. The SMILES string of the molecule is COC(=O)CN=Cc1c(-c2ccccc2)[nH][nH]c1=O. The van der Waals surface area contributed by atoms with Gasteiger partial charge in [0.05, 0.1) is 18.4 Å². The number of rotatable bonds is 4. The van der Waals surface area contributed by atoms with Crippen molar-refractivity contribution in [1.29, 1.82) is 0 Å². The van der Waals surface area contributed by atoms with Gasteiger partial charge in [-0.3, -0.25) is 24.8 Å². The summed E-state index contributed by atoms with van der Waals surface area (Å²) < 4.78 is 4.47. The summed E-state index contributed by atoms with van der Waals surface area (Å²) in [6.07, 6.45) is 1.37. The van der Waals surface area contributed by atoms with Gasteiger partial charge in [-0.1, -0.05) is 30.3 Å². The zero-order valence-electron chi connectivity index (χ0n) is 10.3. The Labute approximate surface area is 109 Å². The topological polar surface area (TPSA) is 87.3 Å². The fourth-order valence-corrected chi connectivity index (χ4v) is 1.60. The maximum absolute atomic E-state index is 11.7. The van der Waals surface area contributed by atoms with Crippen LogP contribution >= 0.6 is 0 Å². The molecule has 0 aliphatic heterocycles. The fourth-order valence-electron chi connectivity index (χ4n) is 1.60. The van der Waals surface area contributed by atoms with Crippen molar-refractivity contribution in [2.24, 2.45) is 4.99 Å². The minimum atomic E-state index is -0.454. The molecule has 0 amide bonds. The Hall–Kier alpha value is -2.63. The predicted molar refractivity (Wildman–Crippen MR) is 71.3 cm³/mol. The molecule has 0 aliphatic rings. The summed E-state index contributed by atoms with van der Waals surface area (Å²) in [7, 11) is 1.29. The van der Waals surface area contributed by atoms with Crippen LogP contribution in [0.15, 0.2) is 40.1 Å². The Kier molecular flexibility index (Phi) is 3.92. The van der Waals surface area contributed by atoms with E-state index < -0.39 is 5.97 Å². The van der Waals surface area contributed by atoms with E-state index in [-0.39, 0.29) is 12.1 Å². The molecule has 0 aliphatic carbocycles. The molecule has 0 radical (unpaired) electrons. The molecule has 6 nitrogen and oxygen atoms in total. The molecule has 0 bridgehead atoms. The smallest absolute Gasteiger partial charge is 0.327 e. The van der Waals surface area contributed by atoms with Gasteiger partial charge >= 0.3 is 5.97 Å². The normalized spacial score (nSPS) is 10.8. The van der Waals surface area contributed by atoms with Gasteiger partial charge in [0, 0.05) is 11.8 Å². The van der Waals surface area contributed by atoms with Crippen LogP contribution in [0.25, 0.3) is 11.3 Å². The van der Waals surface area contributed by atoms with Crippen molar-refractivity contribution >= 4 is 12.2 Å². The van der Waals surface area contributed by atoms with E-state index in [4.69, 9.17) is 0 Å². The van der Waals surface area contributed by atoms with Crippen LogP contribution in [0.4, 0.5) is 0 Å². The van der Waals surface area contributed by atoms with Gasteiger partial charge in [-0.05, 0) is 0 Å². The van der Waals surface area contributed by atoms with Gasteiger partial charge in [0.2, 0.25) is 0 Å². The zero-order valence-corrected chi connectivity index (χ0v) is 10.3. The molecule has 1 aromatic carbocycles. The molecule has 2 N–H and O–H groups in total. The van der Waals surface area contributed by atoms with E-state index in [1.807, 2.05) is 30.3 Å². The van der Waals surface area contributed by atoms with Crippen LogP contribution in [0.5, 0.6) is 0 Å². The van der Waals surface area contributed by atoms with Crippen molar-refractivity contribution in [2.45, 2.75) is 0 Å². The van der Waals surface area contributed by atoms with Crippen molar-refractivity contribution in [3.63, 3.8) is 0 Å². The lowest BCUT2D eigenvalue weighted by atomic mass is 10.1. The standard InChI is InChI=1S/C13H13N3O3/c1-19-11(17)8-14-7-10-12(15-16-13(10)18)9-5-3-2-4-6-9/h2-7H,8H2,1H3,(H2,15,16,18). The number of nitrogens with one attached hydrogen (secondary N) is 2. The maximum Gasteiger partial charge on any atom is 0.327 e. The van der Waals surface area contributed by atoms with E-state index in [1.165, 1.54) is 13.3 Å². The summed E-state index contributed by atoms with van der Waals surface area (Å²) in [4.78, 5) is 26.5. The lowest BCUT2D eigenvalue weighted by Gasteiger charge is -1.98. The Morgan fingerprint density at radius 3 is 2.74 bits per heavy atom. The second-order valence-corrected chi connectivity index (χ2v) is 3.78. The molecule has 0 atom stereocenters. The third-order valence-corrected chi connectivity index (χ3v) is 2.55. The maximum atomic E-state index is 11.7. The Morgan fingerprint density at radius 1 is 1.32 bits per heavy atom. The molecule has 98 valence electrons. The number of carbonyl (C=O) groups is 1. The molecule has 1 heterocycles. The number of H-pyrrole nitrogens is 2. The molecule has 2 rings (SSSR count). The molecule has 19 heavy (non-hydrogen) atoms. The summed E-state index contributed by atoms with van der Waals surface area (Å²) in [5.74, 6) is -0.454. The van der Waals surface area contributed by atoms with Crippen LogP contribution in [0.1, 0.15) is 5.56 Å². The zero-order chi connectivity index (χ0) is 13.7. The van der Waals surface area contributed by atoms with Gasteiger partial charge in [-0.15, -0.1) is 0 Å². The number of aromatic nitrogens is 2. The van der Waals surface area contributed by atoms with Gasteiger partial charge in [-0.2, -0.15) is 0 Å². The van der Waals surface area contributed by atoms with Crippen molar-refractivity contribution in [1.82, 2.24) is 10.2 Å². The number of hydrogen-bond donors (Lipinski definition) is 2. The molecule has 2 aromatic rings. The number of nitrogens with zero attached hydrogens (tertiary/aromatic N) is 1. The number of ether oxygens (including phenoxy) is 1. The second kappa shape index (κ2) is 5.81. The van der Waals surface area contributed by atoms with E-state index in [9.17, 15) is 9.59 Å². The van der Waals surface area contributed by atoms with Crippen LogP contribution < -0.4 is 5.56 Å². The predicted octanol–water partition coefficient (Wildman–Crippen LogP) is 0.962. The number of aliphatic imine (C=N–C) groups is 1. The largest absolute Gasteiger partial charge is 0.468 e. The summed E-state index contributed by atoms with van der Waals surface area (Å²) in [6, 6.07) is 9.37. The van der Waals surface area contributed by atoms with Gasteiger partial charge in [0.25, 0.3) is 5.56 Å². The van der Waals surface area contributed by atoms with Gasteiger partial charge in [0.15, 0.2) is 0 Å². The third-order valence-electron chi connectivity index (χ3n) is 2.55. The van der Waals surface area contributed by atoms with Gasteiger partial charge in [-0.25, -0.2) is 0 Å². The lowest BCUT2D eigenvalue weighted by molar-refractivity contribution is -0.138. The lowest BCUT2D eigenvalue weighted by Crippen LogP contribution is -2.08. The average molecular weight is 259 g/mol. The van der Waals surface area contributed by atoms with E-state index in [0.29, 0.717) is 11.3 Å². The van der Waals surface area contributed by atoms with Gasteiger partial charge in [0.1, 0.15) is 6.54 Å². The molecule has 0 unspecified atom stereocenters. The van der Waals surface area contributed by atoms with Crippen molar-refractivity contribution < 1.29 is 9.53 Å². The van der Waals surface area contributed by atoms with E-state index >= 15 is 0 Å². The number of esters is 1. The molecule has 0 spiro atoms. The second-order valence-electron chi connectivity index (χ2n) is 3.78. The quantitative estimate of drug-likeness (QED) is 0.633. The summed E-state index contributed by atoms with van der Waals surface area (Å²) in [5, 5.41) is 5.30. The van der Waals surface area contributed by atoms with E-state index in [1.54, 1.807) is 0 Å². The van der Waals surface area contributed by atoms with Crippen molar-refractivity contribution in [3.05, 3.63) is 46.2 Å². The summed E-state index contributed by atoms with van der Waals surface area (Å²) >= 11 is 0. The molecule has 0 fully saturated rings. The minimum Gasteiger partial charge on any atom is -0.468 e. The van der Waals surface area contributed by atoms with Gasteiger partial charge < -0.3 is 4.74 Å². The number of benzene rings is 1.